The first kappa shape index (κ1) is 24.5. The summed E-state index contributed by atoms with van der Waals surface area (Å²) in [5.74, 6) is -0.708. The lowest BCUT2D eigenvalue weighted by atomic mass is 10.2. The Morgan fingerprint density at radius 3 is 2.44 bits per heavy atom. The van der Waals surface area contributed by atoms with Crippen LogP contribution >= 0.6 is 11.6 Å². The van der Waals surface area contributed by atoms with Crippen molar-refractivity contribution in [3.05, 3.63) is 94.5 Å². The minimum atomic E-state index is -0.614. The van der Waals surface area contributed by atoms with Gasteiger partial charge in [-0.3, -0.25) is 9.59 Å². The van der Waals surface area contributed by atoms with Gasteiger partial charge in [0.25, 0.3) is 5.91 Å². The molecule has 3 rings (SSSR count). The van der Waals surface area contributed by atoms with E-state index in [4.69, 9.17) is 21.1 Å². The molecule has 0 unspecified atom stereocenters. The zero-order valence-corrected chi connectivity index (χ0v) is 19.0. The SMILES string of the molecule is COc1cc(C=NNC(=O)CCNC(=O)c2ccccc2)ccc1OC(=O)c1ccccc1Cl. The number of esters is 1. The van der Waals surface area contributed by atoms with Crippen molar-refractivity contribution in [1.82, 2.24) is 10.7 Å². The molecule has 0 saturated heterocycles. The number of rotatable bonds is 9. The molecule has 0 bridgehead atoms. The van der Waals surface area contributed by atoms with Gasteiger partial charge in [0, 0.05) is 18.5 Å². The molecule has 3 aromatic carbocycles. The third-order valence-electron chi connectivity index (χ3n) is 4.56. The lowest BCUT2D eigenvalue weighted by Crippen LogP contribution is -2.28. The number of halogens is 1. The van der Waals surface area contributed by atoms with Crippen LogP contribution in [0.15, 0.2) is 77.9 Å². The number of amides is 2. The van der Waals surface area contributed by atoms with Crippen LogP contribution in [-0.2, 0) is 4.79 Å². The van der Waals surface area contributed by atoms with E-state index in [2.05, 4.69) is 15.8 Å². The maximum atomic E-state index is 12.4. The smallest absolute Gasteiger partial charge is 0.345 e. The first-order valence-electron chi connectivity index (χ1n) is 10.3. The zero-order chi connectivity index (χ0) is 24.3. The van der Waals surface area contributed by atoms with Gasteiger partial charge in [0.15, 0.2) is 11.5 Å². The van der Waals surface area contributed by atoms with Gasteiger partial charge in [0.1, 0.15) is 0 Å². The monoisotopic (exact) mass is 479 g/mol. The number of ether oxygens (including phenoxy) is 2. The predicted octanol–water partition coefficient (Wildman–Crippen LogP) is 3.84. The Balaban J connectivity index is 1.50. The summed E-state index contributed by atoms with van der Waals surface area (Å²) in [7, 11) is 1.44. The fourth-order valence-corrected chi connectivity index (χ4v) is 3.06. The third-order valence-corrected chi connectivity index (χ3v) is 4.89. The second-order valence-electron chi connectivity index (χ2n) is 6.94. The number of carbonyl (C=O) groups excluding carboxylic acids is 3. The Bertz CT molecular complexity index is 1200. The maximum Gasteiger partial charge on any atom is 0.345 e. The summed E-state index contributed by atoms with van der Waals surface area (Å²) in [5, 5.41) is 6.86. The Labute approximate surface area is 201 Å². The van der Waals surface area contributed by atoms with Crippen molar-refractivity contribution in [2.75, 3.05) is 13.7 Å². The van der Waals surface area contributed by atoms with Crippen LogP contribution in [0.3, 0.4) is 0 Å². The molecule has 2 amide bonds. The van der Waals surface area contributed by atoms with E-state index >= 15 is 0 Å². The first-order chi connectivity index (χ1) is 16.5. The van der Waals surface area contributed by atoms with E-state index in [1.54, 1.807) is 66.7 Å². The van der Waals surface area contributed by atoms with Gasteiger partial charge in [-0.05, 0) is 48.0 Å². The van der Waals surface area contributed by atoms with Gasteiger partial charge in [0.05, 0.1) is 23.9 Å². The minimum absolute atomic E-state index is 0.0656. The number of hydrogen-bond donors (Lipinski definition) is 2. The number of benzene rings is 3. The molecule has 8 nitrogen and oxygen atoms in total. The molecule has 0 aliphatic heterocycles. The number of nitrogens with zero attached hydrogens (tertiary/aromatic N) is 1. The maximum absolute atomic E-state index is 12.4. The topological polar surface area (TPSA) is 106 Å². The predicted molar refractivity (Wildman–Crippen MR) is 129 cm³/mol. The molecule has 2 N–H and O–H groups in total. The highest BCUT2D eigenvalue weighted by molar-refractivity contribution is 6.33. The lowest BCUT2D eigenvalue weighted by molar-refractivity contribution is -0.120. The number of methoxy groups -OCH3 is 1. The molecular formula is C25H22ClN3O5. The second-order valence-corrected chi connectivity index (χ2v) is 7.35. The Hall–Kier alpha value is -4.17. The van der Waals surface area contributed by atoms with E-state index in [0.29, 0.717) is 16.9 Å². The number of hydrogen-bond acceptors (Lipinski definition) is 6. The highest BCUT2D eigenvalue weighted by Gasteiger charge is 2.15. The van der Waals surface area contributed by atoms with Gasteiger partial charge < -0.3 is 14.8 Å². The van der Waals surface area contributed by atoms with Crippen molar-refractivity contribution in [1.29, 1.82) is 0 Å². The van der Waals surface area contributed by atoms with Crippen LogP contribution in [-0.4, -0.2) is 37.7 Å². The molecule has 0 radical (unpaired) electrons. The standard InChI is InChI=1S/C25H22ClN3O5/c1-33-22-15-17(11-12-21(22)34-25(32)19-9-5-6-10-20(19)26)16-28-29-23(30)13-14-27-24(31)18-7-3-2-4-8-18/h2-12,15-16H,13-14H2,1H3,(H,27,31)(H,29,30). The van der Waals surface area contributed by atoms with E-state index in [1.165, 1.54) is 13.3 Å². The summed E-state index contributed by atoms with van der Waals surface area (Å²) >= 11 is 6.04. The van der Waals surface area contributed by atoms with Crippen molar-refractivity contribution in [2.24, 2.45) is 5.10 Å². The number of nitrogens with one attached hydrogen (secondary N) is 2. The molecule has 0 aromatic heterocycles. The molecule has 0 atom stereocenters. The van der Waals surface area contributed by atoms with Crippen molar-refractivity contribution >= 4 is 35.6 Å². The van der Waals surface area contributed by atoms with Gasteiger partial charge in [-0.2, -0.15) is 5.10 Å². The normalized spacial score (nSPS) is 10.5. The van der Waals surface area contributed by atoms with Crippen LogP contribution in [0.4, 0.5) is 0 Å². The molecule has 0 saturated carbocycles. The van der Waals surface area contributed by atoms with Crippen LogP contribution in [0.2, 0.25) is 5.02 Å². The van der Waals surface area contributed by atoms with Gasteiger partial charge in [-0.25, -0.2) is 10.2 Å². The van der Waals surface area contributed by atoms with E-state index in [1.807, 2.05) is 6.07 Å². The minimum Gasteiger partial charge on any atom is -0.493 e. The number of hydrazone groups is 1. The van der Waals surface area contributed by atoms with Crippen molar-refractivity contribution in [3.8, 4) is 11.5 Å². The fraction of sp³-hybridized carbons (Fsp3) is 0.120. The highest BCUT2D eigenvalue weighted by atomic mass is 35.5. The van der Waals surface area contributed by atoms with Crippen molar-refractivity contribution in [2.45, 2.75) is 6.42 Å². The van der Waals surface area contributed by atoms with Gasteiger partial charge in [-0.15, -0.1) is 0 Å². The molecule has 9 heteroatoms. The van der Waals surface area contributed by atoms with Gasteiger partial charge >= 0.3 is 5.97 Å². The van der Waals surface area contributed by atoms with E-state index in [9.17, 15) is 14.4 Å². The molecule has 0 aliphatic carbocycles. The quantitative estimate of drug-likeness (QED) is 0.210. The summed E-state index contributed by atoms with van der Waals surface area (Å²) in [6.07, 6.45) is 1.48. The Morgan fingerprint density at radius 2 is 1.71 bits per heavy atom. The second kappa shape index (κ2) is 12.2. The Kier molecular flexibility index (Phi) is 8.76. The third kappa shape index (κ3) is 6.91. The van der Waals surface area contributed by atoms with E-state index in [-0.39, 0.29) is 41.1 Å². The van der Waals surface area contributed by atoms with Crippen LogP contribution < -0.4 is 20.2 Å². The molecule has 0 spiro atoms. The molecule has 0 aliphatic rings. The zero-order valence-electron chi connectivity index (χ0n) is 18.3. The Morgan fingerprint density at radius 1 is 0.971 bits per heavy atom. The average Bonchev–Trinajstić information content (AvgIpc) is 2.85. The molecule has 174 valence electrons. The van der Waals surface area contributed by atoms with Crippen LogP contribution in [0.1, 0.15) is 32.7 Å². The van der Waals surface area contributed by atoms with Gasteiger partial charge in [0.2, 0.25) is 5.91 Å². The molecule has 0 fully saturated rings. The largest absolute Gasteiger partial charge is 0.493 e. The highest BCUT2D eigenvalue weighted by Crippen LogP contribution is 2.29. The molecular weight excluding hydrogens is 458 g/mol. The van der Waals surface area contributed by atoms with Crippen LogP contribution in [0.25, 0.3) is 0 Å². The summed E-state index contributed by atoms with van der Waals surface area (Å²) in [6.45, 7) is 0.175. The summed E-state index contributed by atoms with van der Waals surface area (Å²) in [4.78, 5) is 36.3. The van der Waals surface area contributed by atoms with Crippen molar-refractivity contribution in [3.63, 3.8) is 0 Å². The first-order valence-corrected chi connectivity index (χ1v) is 10.7. The molecule has 0 heterocycles. The molecule has 34 heavy (non-hydrogen) atoms. The average molecular weight is 480 g/mol. The van der Waals surface area contributed by atoms with Crippen molar-refractivity contribution < 1.29 is 23.9 Å². The van der Waals surface area contributed by atoms with Crippen LogP contribution in [0, 0.1) is 0 Å². The van der Waals surface area contributed by atoms with E-state index in [0.717, 1.165) is 0 Å². The van der Waals surface area contributed by atoms with Crippen LogP contribution in [0.5, 0.6) is 11.5 Å². The lowest BCUT2D eigenvalue weighted by Gasteiger charge is -2.10. The van der Waals surface area contributed by atoms with Gasteiger partial charge in [-0.1, -0.05) is 41.9 Å². The summed E-state index contributed by atoms with van der Waals surface area (Å²) in [5.41, 5.74) is 3.76. The summed E-state index contributed by atoms with van der Waals surface area (Å²) < 4.78 is 10.7. The fourth-order valence-electron chi connectivity index (χ4n) is 2.85. The van der Waals surface area contributed by atoms with E-state index < -0.39 is 5.97 Å². The number of carbonyl (C=O) groups is 3. The molecule has 3 aromatic rings. The summed E-state index contributed by atoms with van der Waals surface area (Å²) in [6, 6.07) is 20.1.